The van der Waals surface area contributed by atoms with Gasteiger partial charge in [-0.2, -0.15) is 19.6 Å². The van der Waals surface area contributed by atoms with Crippen molar-refractivity contribution in [3.63, 3.8) is 0 Å². The van der Waals surface area contributed by atoms with Gasteiger partial charge < -0.3 is 20.7 Å². The molecule has 2 aromatic heterocycles. The molecule has 168 valence electrons. The van der Waals surface area contributed by atoms with E-state index in [0.29, 0.717) is 50.2 Å². The average Bonchev–Trinajstić information content (AvgIpc) is 3.35. The molecule has 10 heteroatoms. The predicted molar refractivity (Wildman–Crippen MR) is 119 cm³/mol. The van der Waals surface area contributed by atoms with E-state index in [0.717, 1.165) is 16.8 Å². The second kappa shape index (κ2) is 8.01. The van der Waals surface area contributed by atoms with Crippen LogP contribution in [0.15, 0.2) is 30.5 Å². The number of carbonyl (C=O) groups excluding carboxylic acids is 1. The van der Waals surface area contributed by atoms with Crippen LogP contribution in [0.1, 0.15) is 43.7 Å². The summed E-state index contributed by atoms with van der Waals surface area (Å²) in [5.74, 6) is 0.824. The molecular weight excluding hydrogens is 413 g/mol. The molecule has 3 heterocycles. The minimum Gasteiger partial charge on any atom is -0.377 e. The van der Waals surface area contributed by atoms with Crippen LogP contribution in [0.3, 0.4) is 0 Å². The fraction of sp³-hybridized carbons (Fsp3) is 0.455. The second-order valence-electron chi connectivity index (χ2n) is 8.71. The summed E-state index contributed by atoms with van der Waals surface area (Å²) in [6.45, 7) is 5.98. The van der Waals surface area contributed by atoms with Crippen LogP contribution in [0.5, 0.6) is 0 Å². The third kappa shape index (κ3) is 4.10. The lowest BCUT2D eigenvalue weighted by atomic mass is 10.1. The summed E-state index contributed by atoms with van der Waals surface area (Å²) in [7, 11) is 0. The molecule has 1 amide bonds. The molecule has 0 spiro atoms. The van der Waals surface area contributed by atoms with Gasteiger partial charge in [0.05, 0.1) is 25.5 Å². The zero-order valence-corrected chi connectivity index (χ0v) is 18.1. The van der Waals surface area contributed by atoms with Gasteiger partial charge in [0.15, 0.2) is 11.3 Å². The van der Waals surface area contributed by atoms with Gasteiger partial charge in [-0.3, -0.25) is 4.79 Å². The van der Waals surface area contributed by atoms with E-state index in [1.54, 1.807) is 16.6 Å². The SMILES string of the molecule is CC(C)c1cnn2c(NCc3ccc(NC(=O)C4(F)CC4)cc3)nc(NC3COC3)nc12. The van der Waals surface area contributed by atoms with Gasteiger partial charge in [0.25, 0.3) is 5.91 Å². The van der Waals surface area contributed by atoms with Crippen molar-refractivity contribution < 1.29 is 13.9 Å². The van der Waals surface area contributed by atoms with Crippen LogP contribution in [-0.2, 0) is 16.1 Å². The quantitative estimate of drug-likeness (QED) is 0.495. The molecule has 0 atom stereocenters. The smallest absolute Gasteiger partial charge is 0.262 e. The maximum absolute atomic E-state index is 13.8. The number of alkyl halides is 1. The summed E-state index contributed by atoms with van der Waals surface area (Å²) in [5, 5.41) is 13.7. The van der Waals surface area contributed by atoms with Gasteiger partial charge in [0, 0.05) is 17.8 Å². The summed E-state index contributed by atoms with van der Waals surface area (Å²) < 4.78 is 20.8. The number of amides is 1. The van der Waals surface area contributed by atoms with Gasteiger partial charge in [-0.25, -0.2) is 4.39 Å². The number of hydrogen-bond donors (Lipinski definition) is 3. The van der Waals surface area contributed by atoms with Crippen LogP contribution >= 0.6 is 0 Å². The number of fused-ring (bicyclic) bond motifs is 1. The maximum Gasteiger partial charge on any atom is 0.262 e. The Morgan fingerprint density at radius 2 is 2.00 bits per heavy atom. The van der Waals surface area contributed by atoms with Crippen LogP contribution in [0.4, 0.5) is 22.0 Å². The number of benzene rings is 1. The van der Waals surface area contributed by atoms with Crippen LogP contribution in [0.25, 0.3) is 5.65 Å². The van der Waals surface area contributed by atoms with E-state index in [9.17, 15) is 9.18 Å². The zero-order chi connectivity index (χ0) is 22.3. The number of nitrogens with zero attached hydrogens (tertiary/aromatic N) is 4. The molecule has 32 heavy (non-hydrogen) atoms. The summed E-state index contributed by atoms with van der Waals surface area (Å²) in [5.41, 5.74) is 1.68. The molecule has 3 N–H and O–H groups in total. The molecule has 0 bridgehead atoms. The van der Waals surface area contributed by atoms with E-state index in [2.05, 4.69) is 44.9 Å². The maximum atomic E-state index is 13.8. The first kappa shape index (κ1) is 20.6. The molecule has 1 saturated carbocycles. The summed E-state index contributed by atoms with van der Waals surface area (Å²) in [4.78, 5) is 21.1. The number of rotatable bonds is 8. The lowest BCUT2D eigenvalue weighted by molar-refractivity contribution is -0.122. The number of halogens is 1. The van der Waals surface area contributed by atoms with E-state index < -0.39 is 11.6 Å². The molecule has 2 aliphatic rings. The molecule has 3 aromatic rings. The Morgan fingerprint density at radius 3 is 2.62 bits per heavy atom. The largest absolute Gasteiger partial charge is 0.377 e. The first-order chi connectivity index (χ1) is 15.4. The Balaban J connectivity index is 1.32. The van der Waals surface area contributed by atoms with E-state index in [-0.39, 0.29) is 12.0 Å². The number of carbonyl (C=O) groups is 1. The highest BCUT2D eigenvalue weighted by molar-refractivity contribution is 5.99. The fourth-order valence-electron chi connectivity index (χ4n) is 3.45. The Morgan fingerprint density at radius 1 is 1.25 bits per heavy atom. The monoisotopic (exact) mass is 439 g/mol. The average molecular weight is 439 g/mol. The van der Waals surface area contributed by atoms with Gasteiger partial charge in [-0.1, -0.05) is 26.0 Å². The van der Waals surface area contributed by atoms with Crippen molar-refractivity contribution in [2.75, 3.05) is 29.2 Å². The lowest BCUT2D eigenvalue weighted by Crippen LogP contribution is -2.40. The molecule has 0 radical (unpaired) electrons. The standard InChI is InChI=1S/C22H26FN7O2/c1-13(2)17-10-25-30-18(17)28-20(27-16-11-32-12-16)29-21(30)24-9-14-3-5-15(6-4-14)26-19(31)22(23)7-8-22/h3-6,10,13,16H,7-9,11-12H2,1-2H3,(H,26,31)(H2,24,27,28,29). The highest BCUT2D eigenvalue weighted by Gasteiger charge is 2.50. The third-order valence-electron chi connectivity index (χ3n) is 5.75. The molecule has 1 saturated heterocycles. The first-order valence-electron chi connectivity index (χ1n) is 10.8. The second-order valence-corrected chi connectivity index (χ2v) is 8.71. The highest BCUT2D eigenvalue weighted by atomic mass is 19.1. The lowest BCUT2D eigenvalue weighted by Gasteiger charge is -2.26. The topological polar surface area (TPSA) is 105 Å². The molecule has 1 aliphatic heterocycles. The van der Waals surface area contributed by atoms with Crippen molar-refractivity contribution in [1.82, 2.24) is 19.6 Å². The molecule has 1 aromatic carbocycles. The van der Waals surface area contributed by atoms with Crippen LogP contribution in [0, 0.1) is 0 Å². The molecule has 1 aliphatic carbocycles. The van der Waals surface area contributed by atoms with Crippen molar-refractivity contribution in [2.24, 2.45) is 0 Å². The first-order valence-corrected chi connectivity index (χ1v) is 10.8. The van der Waals surface area contributed by atoms with E-state index in [1.165, 1.54) is 0 Å². The molecule has 5 rings (SSSR count). The summed E-state index contributed by atoms with van der Waals surface area (Å²) in [6, 6.07) is 7.51. The zero-order valence-electron chi connectivity index (χ0n) is 18.1. The van der Waals surface area contributed by atoms with Gasteiger partial charge in [-0.05, 0) is 36.5 Å². The normalized spacial score (nSPS) is 17.2. The van der Waals surface area contributed by atoms with Crippen molar-refractivity contribution in [3.8, 4) is 0 Å². The van der Waals surface area contributed by atoms with Crippen molar-refractivity contribution in [2.45, 2.75) is 50.9 Å². The van der Waals surface area contributed by atoms with Crippen molar-refractivity contribution in [1.29, 1.82) is 0 Å². The van der Waals surface area contributed by atoms with E-state index in [1.807, 2.05) is 18.3 Å². The fourth-order valence-corrected chi connectivity index (χ4v) is 3.45. The van der Waals surface area contributed by atoms with Crippen molar-refractivity contribution >= 4 is 29.1 Å². The van der Waals surface area contributed by atoms with E-state index in [4.69, 9.17) is 4.74 Å². The van der Waals surface area contributed by atoms with Crippen LogP contribution in [0.2, 0.25) is 0 Å². The molecule has 9 nitrogen and oxygen atoms in total. The minimum atomic E-state index is -1.69. The van der Waals surface area contributed by atoms with Gasteiger partial charge in [-0.15, -0.1) is 0 Å². The number of hydrogen-bond acceptors (Lipinski definition) is 7. The number of anilines is 3. The van der Waals surface area contributed by atoms with Crippen molar-refractivity contribution in [3.05, 3.63) is 41.6 Å². The highest BCUT2D eigenvalue weighted by Crippen LogP contribution is 2.40. The molecule has 2 fully saturated rings. The van der Waals surface area contributed by atoms with E-state index >= 15 is 0 Å². The number of ether oxygens (including phenoxy) is 1. The van der Waals surface area contributed by atoms with Gasteiger partial charge in [0.1, 0.15) is 0 Å². The van der Waals surface area contributed by atoms with Gasteiger partial charge >= 0.3 is 0 Å². The summed E-state index contributed by atoms with van der Waals surface area (Å²) >= 11 is 0. The Kier molecular flexibility index (Phi) is 5.16. The Labute approximate surface area is 184 Å². The summed E-state index contributed by atoms with van der Waals surface area (Å²) in [6.07, 6.45) is 2.42. The third-order valence-corrected chi connectivity index (χ3v) is 5.75. The van der Waals surface area contributed by atoms with Crippen LogP contribution in [-0.4, -0.2) is 50.4 Å². The number of aromatic nitrogens is 4. The van der Waals surface area contributed by atoms with Crippen LogP contribution < -0.4 is 16.0 Å². The minimum absolute atomic E-state index is 0.206. The molecular formula is C22H26FN7O2. The number of nitrogens with one attached hydrogen (secondary N) is 3. The predicted octanol–water partition coefficient (Wildman–Crippen LogP) is 3.11. The Hall–Kier alpha value is -3.27. The van der Waals surface area contributed by atoms with Gasteiger partial charge in [0.2, 0.25) is 11.9 Å². The molecule has 0 unspecified atom stereocenters. The Bertz CT molecular complexity index is 1140.